The zero-order valence-corrected chi connectivity index (χ0v) is 11.0. The Kier molecular flexibility index (Phi) is 2.64. The summed E-state index contributed by atoms with van der Waals surface area (Å²) in [7, 11) is 0. The van der Waals surface area contributed by atoms with E-state index in [-0.39, 0.29) is 0 Å². The number of benzene rings is 1. The summed E-state index contributed by atoms with van der Waals surface area (Å²) >= 11 is 12.2. The zero-order chi connectivity index (χ0) is 12.9. The number of aromatic nitrogens is 2. The number of imidazole rings is 1. The molecule has 0 atom stereocenters. The van der Waals surface area contributed by atoms with Gasteiger partial charge in [-0.3, -0.25) is 0 Å². The van der Waals surface area contributed by atoms with Gasteiger partial charge >= 0.3 is 0 Å². The number of nitrogens with zero attached hydrogens (tertiary/aromatic N) is 2. The number of hydrogen-bond acceptors (Lipinski definition) is 3. The third-order valence-corrected chi connectivity index (χ3v) is 3.94. The first-order chi connectivity index (χ1) is 8.59. The molecule has 4 nitrogen and oxygen atoms in total. The van der Waals surface area contributed by atoms with Crippen LogP contribution >= 0.6 is 23.2 Å². The van der Waals surface area contributed by atoms with Gasteiger partial charge in [0.2, 0.25) is 0 Å². The van der Waals surface area contributed by atoms with Gasteiger partial charge in [-0.05, 0) is 18.9 Å². The first kappa shape index (κ1) is 11.7. The molecule has 0 unspecified atom stereocenters. The molecule has 1 aliphatic rings. The zero-order valence-electron chi connectivity index (χ0n) is 9.53. The van der Waals surface area contributed by atoms with E-state index in [1.54, 1.807) is 6.07 Å². The highest BCUT2D eigenvalue weighted by Gasteiger charge is 2.31. The average molecular weight is 283 g/mol. The Hall–Kier alpha value is -1.39. The lowest BCUT2D eigenvalue weighted by atomic mass is 10.1. The van der Waals surface area contributed by atoms with Gasteiger partial charge in [0.05, 0.1) is 10.0 Å². The molecule has 3 rings (SSSR count). The number of nitrogen functional groups attached to an aromatic ring is 2. The molecule has 1 saturated carbocycles. The molecular weight excluding hydrogens is 271 g/mol. The van der Waals surface area contributed by atoms with Gasteiger partial charge in [-0.2, -0.15) is 0 Å². The number of anilines is 1. The topological polar surface area (TPSA) is 69.9 Å². The molecule has 1 aliphatic carbocycles. The standard InChI is InChI=1S/C12H12Cl2N4/c13-8-3-1-2-7(9(8)14)10-11(15)18(16)12(17-10)6-4-5-6/h1-3,6H,4-5,15-16H2. The van der Waals surface area contributed by atoms with Crippen molar-refractivity contribution in [3.63, 3.8) is 0 Å². The average Bonchev–Trinajstić information content (AvgIpc) is 3.14. The van der Waals surface area contributed by atoms with Crippen molar-refractivity contribution in [3.05, 3.63) is 34.1 Å². The van der Waals surface area contributed by atoms with Gasteiger partial charge in [-0.1, -0.05) is 35.3 Å². The molecule has 94 valence electrons. The Morgan fingerprint density at radius 2 is 2.00 bits per heavy atom. The lowest BCUT2D eigenvalue weighted by molar-refractivity contribution is 0.855. The quantitative estimate of drug-likeness (QED) is 0.832. The third-order valence-electron chi connectivity index (χ3n) is 3.12. The van der Waals surface area contributed by atoms with Crippen molar-refractivity contribution in [2.24, 2.45) is 0 Å². The summed E-state index contributed by atoms with van der Waals surface area (Å²) in [4.78, 5) is 4.51. The van der Waals surface area contributed by atoms with Crippen molar-refractivity contribution < 1.29 is 0 Å². The van der Waals surface area contributed by atoms with E-state index in [2.05, 4.69) is 4.98 Å². The maximum Gasteiger partial charge on any atom is 0.150 e. The number of rotatable bonds is 2. The molecule has 0 bridgehead atoms. The fraction of sp³-hybridized carbons (Fsp3) is 0.250. The van der Waals surface area contributed by atoms with Gasteiger partial charge in [0.1, 0.15) is 11.5 Å². The smallest absolute Gasteiger partial charge is 0.150 e. The molecule has 18 heavy (non-hydrogen) atoms. The second-order valence-corrected chi connectivity index (χ2v) is 5.23. The molecule has 0 amide bonds. The second-order valence-electron chi connectivity index (χ2n) is 4.45. The fourth-order valence-electron chi connectivity index (χ4n) is 1.98. The predicted octanol–water partition coefficient (Wildman–Crippen LogP) is 3.03. The second kappa shape index (κ2) is 4.07. The summed E-state index contributed by atoms with van der Waals surface area (Å²) < 4.78 is 1.45. The highest BCUT2D eigenvalue weighted by molar-refractivity contribution is 6.43. The Morgan fingerprint density at radius 1 is 1.28 bits per heavy atom. The van der Waals surface area contributed by atoms with Crippen LogP contribution in [-0.2, 0) is 0 Å². The van der Waals surface area contributed by atoms with Crippen LogP contribution in [-0.4, -0.2) is 9.66 Å². The third kappa shape index (κ3) is 1.72. The highest BCUT2D eigenvalue weighted by Crippen LogP contribution is 2.42. The summed E-state index contributed by atoms with van der Waals surface area (Å²) in [6.07, 6.45) is 2.22. The van der Waals surface area contributed by atoms with Gasteiger partial charge in [-0.25, -0.2) is 9.66 Å². The van der Waals surface area contributed by atoms with Crippen LogP contribution in [0, 0.1) is 0 Å². The Labute approximate surface area is 114 Å². The van der Waals surface area contributed by atoms with E-state index in [0.29, 0.717) is 33.0 Å². The van der Waals surface area contributed by atoms with Crippen LogP contribution in [0.5, 0.6) is 0 Å². The first-order valence-corrected chi connectivity index (χ1v) is 6.42. The molecule has 4 N–H and O–H groups in total. The highest BCUT2D eigenvalue weighted by atomic mass is 35.5. The summed E-state index contributed by atoms with van der Waals surface area (Å²) in [5, 5.41) is 0.930. The van der Waals surface area contributed by atoms with Gasteiger partial charge in [0.25, 0.3) is 0 Å². The van der Waals surface area contributed by atoms with Crippen LogP contribution in [0.4, 0.5) is 5.82 Å². The van der Waals surface area contributed by atoms with E-state index < -0.39 is 0 Å². The maximum absolute atomic E-state index is 6.18. The monoisotopic (exact) mass is 282 g/mol. The molecule has 1 aromatic heterocycles. The number of nitrogens with two attached hydrogens (primary N) is 2. The number of hydrogen-bond donors (Lipinski definition) is 2. The van der Waals surface area contributed by atoms with Crippen LogP contribution in [0.25, 0.3) is 11.3 Å². The maximum atomic E-state index is 6.18. The van der Waals surface area contributed by atoms with Crippen molar-refractivity contribution in [2.45, 2.75) is 18.8 Å². The lowest BCUT2D eigenvalue weighted by Crippen LogP contribution is -2.14. The van der Waals surface area contributed by atoms with Crippen LogP contribution in [0.2, 0.25) is 10.0 Å². The predicted molar refractivity (Wildman–Crippen MR) is 74.2 cm³/mol. The largest absolute Gasteiger partial charge is 0.382 e. The van der Waals surface area contributed by atoms with Gasteiger partial charge < -0.3 is 11.6 Å². The van der Waals surface area contributed by atoms with Crippen LogP contribution in [0.1, 0.15) is 24.6 Å². The van der Waals surface area contributed by atoms with E-state index >= 15 is 0 Å². The Bertz CT molecular complexity index is 617. The van der Waals surface area contributed by atoms with Gasteiger partial charge in [0.15, 0.2) is 5.82 Å². The van der Waals surface area contributed by atoms with Crippen molar-refractivity contribution in [3.8, 4) is 11.3 Å². The van der Waals surface area contributed by atoms with Crippen LogP contribution in [0.3, 0.4) is 0 Å². The Morgan fingerprint density at radius 3 is 2.67 bits per heavy atom. The van der Waals surface area contributed by atoms with Crippen LogP contribution in [0.15, 0.2) is 18.2 Å². The molecule has 6 heteroatoms. The Balaban J connectivity index is 2.17. The normalized spacial score (nSPS) is 15.0. The van der Waals surface area contributed by atoms with Crippen molar-refractivity contribution in [2.75, 3.05) is 11.6 Å². The van der Waals surface area contributed by atoms with Gasteiger partial charge in [0, 0.05) is 11.5 Å². The minimum atomic E-state index is 0.418. The fourth-order valence-corrected chi connectivity index (χ4v) is 2.37. The molecule has 2 aromatic rings. The SMILES string of the molecule is Nc1c(-c2cccc(Cl)c2Cl)nc(C2CC2)n1N. The molecule has 0 saturated heterocycles. The summed E-state index contributed by atoms with van der Waals surface area (Å²) in [6, 6.07) is 5.38. The van der Waals surface area contributed by atoms with Gasteiger partial charge in [-0.15, -0.1) is 0 Å². The first-order valence-electron chi connectivity index (χ1n) is 5.67. The molecule has 1 aromatic carbocycles. The summed E-state index contributed by atoms with van der Waals surface area (Å²) in [6.45, 7) is 0. The number of halogens is 2. The van der Waals surface area contributed by atoms with E-state index in [1.165, 1.54) is 4.68 Å². The van der Waals surface area contributed by atoms with E-state index in [0.717, 1.165) is 18.7 Å². The summed E-state index contributed by atoms with van der Waals surface area (Å²) in [5.74, 6) is 7.58. The minimum absolute atomic E-state index is 0.418. The molecule has 1 fully saturated rings. The van der Waals surface area contributed by atoms with Crippen molar-refractivity contribution in [1.82, 2.24) is 9.66 Å². The molecule has 0 spiro atoms. The summed E-state index contributed by atoms with van der Waals surface area (Å²) in [5.41, 5.74) is 7.31. The molecule has 1 heterocycles. The minimum Gasteiger partial charge on any atom is -0.382 e. The van der Waals surface area contributed by atoms with E-state index in [9.17, 15) is 0 Å². The molecule has 0 radical (unpaired) electrons. The lowest BCUT2D eigenvalue weighted by Gasteiger charge is -2.04. The van der Waals surface area contributed by atoms with Crippen molar-refractivity contribution >= 4 is 29.0 Å². The molecular formula is C12H12Cl2N4. The van der Waals surface area contributed by atoms with E-state index in [4.69, 9.17) is 34.8 Å². The van der Waals surface area contributed by atoms with Crippen LogP contribution < -0.4 is 11.6 Å². The molecule has 0 aliphatic heterocycles. The van der Waals surface area contributed by atoms with Crippen molar-refractivity contribution in [1.29, 1.82) is 0 Å². The van der Waals surface area contributed by atoms with E-state index in [1.807, 2.05) is 12.1 Å².